The van der Waals surface area contributed by atoms with E-state index in [4.69, 9.17) is 0 Å². The normalized spacial score (nSPS) is 13.1. The standard InChI is InChI=1S/C34H69NO2/c1-4-6-8-10-12-14-16-18-20-22-24-26-28-30-33(36)32(3)35-34(37)31-29-27-25-23-21-19-17-15-13-11-9-7-5-2/h32-33,36H,4-31H2,1-3H3,(H,35,37)/t32-,33-/m1/s1. The van der Waals surface area contributed by atoms with E-state index in [0.717, 1.165) is 25.7 Å². The largest absolute Gasteiger partial charge is 0.391 e. The molecule has 222 valence electrons. The number of nitrogens with one attached hydrogen (secondary N) is 1. The number of carbonyl (C=O) groups is 1. The van der Waals surface area contributed by atoms with Gasteiger partial charge in [-0.3, -0.25) is 4.79 Å². The SMILES string of the molecule is CCCCCCCCCCCCCCCC(=O)N[C@H](C)[C@H](O)CCCCCCCCCCCCCCC. The summed E-state index contributed by atoms with van der Waals surface area (Å²) in [6, 6.07) is -0.133. The van der Waals surface area contributed by atoms with Gasteiger partial charge in [-0.2, -0.15) is 0 Å². The van der Waals surface area contributed by atoms with Crippen molar-refractivity contribution < 1.29 is 9.90 Å². The Bertz CT molecular complexity index is 453. The fourth-order valence-electron chi connectivity index (χ4n) is 5.35. The molecule has 0 aliphatic carbocycles. The van der Waals surface area contributed by atoms with Crippen molar-refractivity contribution in [1.82, 2.24) is 5.32 Å². The number of hydrogen-bond acceptors (Lipinski definition) is 2. The third-order valence-corrected chi connectivity index (χ3v) is 8.08. The maximum Gasteiger partial charge on any atom is 0.220 e. The summed E-state index contributed by atoms with van der Waals surface area (Å²) in [4.78, 5) is 12.2. The van der Waals surface area contributed by atoms with Crippen LogP contribution in [0.5, 0.6) is 0 Å². The summed E-state index contributed by atoms with van der Waals surface area (Å²) >= 11 is 0. The summed E-state index contributed by atoms with van der Waals surface area (Å²) in [5.74, 6) is 0.111. The molecule has 3 heteroatoms. The maximum absolute atomic E-state index is 12.2. The average Bonchev–Trinajstić information content (AvgIpc) is 2.89. The van der Waals surface area contributed by atoms with Crippen LogP contribution in [-0.4, -0.2) is 23.2 Å². The van der Waals surface area contributed by atoms with Crippen LogP contribution in [0.1, 0.15) is 201 Å². The van der Waals surface area contributed by atoms with Gasteiger partial charge in [0.25, 0.3) is 0 Å². The number of carbonyl (C=O) groups excluding carboxylic acids is 1. The Labute approximate surface area is 233 Å². The lowest BCUT2D eigenvalue weighted by Crippen LogP contribution is -2.41. The van der Waals surface area contributed by atoms with E-state index in [1.807, 2.05) is 6.92 Å². The summed E-state index contributed by atoms with van der Waals surface area (Å²) in [7, 11) is 0. The van der Waals surface area contributed by atoms with Crippen molar-refractivity contribution in [3.63, 3.8) is 0 Å². The van der Waals surface area contributed by atoms with E-state index in [9.17, 15) is 9.90 Å². The van der Waals surface area contributed by atoms with Gasteiger partial charge in [0.1, 0.15) is 0 Å². The zero-order chi connectivity index (χ0) is 27.2. The highest BCUT2D eigenvalue weighted by Crippen LogP contribution is 2.15. The zero-order valence-electron chi connectivity index (χ0n) is 25.8. The first-order valence-electron chi connectivity index (χ1n) is 17.1. The molecule has 3 nitrogen and oxygen atoms in total. The predicted molar refractivity (Wildman–Crippen MR) is 164 cm³/mol. The molecule has 1 amide bonds. The Morgan fingerprint density at radius 1 is 0.514 bits per heavy atom. The molecule has 0 radical (unpaired) electrons. The number of aliphatic hydroxyl groups excluding tert-OH is 1. The second kappa shape index (κ2) is 30.0. The molecule has 2 N–H and O–H groups in total. The molecule has 0 bridgehead atoms. The van der Waals surface area contributed by atoms with Crippen LogP contribution in [0.15, 0.2) is 0 Å². The number of aliphatic hydroxyl groups is 1. The van der Waals surface area contributed by atoms with Crippen molar-refractivity contribution in [2.75, 3.05) is 0 Å². The van der Waals surface area contributed by atoms with E-state index in [1.165, 1.54) is 148 Å². The first-order chi connectivity index (χ1) is 18.1. The predicted octanol–water partition coefficient (Wildman–Crippen LogP) is 10.8. The van der Waals surface area contributed by atoms with Gasteiger partial charge in [-0.1, -0.05) is 174 Å². The van der Waals surface area contributed by atoms with Crippen LogP contribution in [0.25, 0.3) is 0 Å². The fraction of sp³-hybridized carbons (Fsp3) is 0.971. The van der Waals surface area contributed by atoms with Crippen LogP contribution < -0.4 is 5.32 Å². The number of hydrogen-bond donors (Lipinski definition) is 2. The highest BCUT2D eigenvalue weighted by Gasteiger charge is 2.15. The number of rotatable bonds is 30. The van der Waals surface area contributed by atoms with Gasteiger partial charge in [-0.25, -0.2) is 0 Å². The molecule has 0 aromatic carbocycles. The van der Waals surface area contributed by atoms with Gasteiger partial charge in [-0.05, 0) is 19.8 Å². The van der Waals surface area contributed by atoms with Gasteiger partial charge < -0.3 is 10.4 Å². The molecular weight excluding hydrogens is 454 g/mol. The molecule has 0 saturated heterocycles. The highest BCUT2D eigenvalue weighted by molar-refractivity contribution is 5.76. The second-order valence-corrected chi connectivity index (χ2v) is 11.9. The van der Waals surface area contributed by atoms with E-state index < -0.39 is 6.10 Å². The second-order valence-electron chi connectivity index (χ2n) is 11.9. The van der Waals surface area contributed by atoms with Crippen molar-refractivity contribution in [2.24, 2.45) is 0 Å². The quantitative estimate of drug-likeness (QED) is 0.0920. The van der Waals surface area contributed by atoms with Gasteiger partial charge >= 0.3 is 0 Å². The fourth-order valence-corrected chi connectivity index (χ4v) is 5.35. The van der Waals surface area contributed by atoms with Crippen LogP contribution in [0.2, 0.25) is 0 Å². The van der Waals surface area contributed by atoms with Gasteiger partial charge in [-0.15, -0.1) is 0 Å². The summed E-state index contributed by atoms with van der Waals surface area (Å²) in [6.07, 6.45) is 35.7. The lowest BCUT2D eigenvalue weighted by molar-refractivity contribution is -0.122. The van der Waals surface area contributed by atoms with Crippen LogP contribution >= 0.6 is 0 Å². The summed E-state index contributed by atoms with van der Waals surface area (Å²) in [5.41, 5.74) is 0. The van der Waals surface area contributed by atoms with Gasteiger partial charge in [0.2, 0.25) is 5.91 Å². The molecular formula is C34H69NO2. The van der Waals surface area contributed by atoms with Crippen LogP contribution in [0.3, 0.4) is 0 Å². The minimum Gasteiger partial charge on any atom is -0.391 e. The first kappa shape index (κ1) is 36.4. The Balaban J connectivity index is 3.42. The third-order valence-electron chi connectivity index (χ3n) is 8.08. The zero-order valence-corrected chi connectivity index (χ0v) is 25.8. The molecule has 2 atom stereocenters. The molecule has 0 aliphatic rings. The molecule has 37 heavy (non-hydrogen) atoms. The molecule has 0 fully saturated rings. The van der Waals surface area contributed by atoms with Gasteiger partial charge in [0, 0.05) is 6.42 Å². The molecule has 0 saturated carbocycles. The van der Waals surface area contributed by atoms with Crippen molar-refractivity contribution in [3.05, 3.63) is 0 Å². The summed E-state index contributed by atoms with van der Waals surface area (Å²) in [6.45, 7) is 6.51. The minimum absolute atomic E-state index is 0.111. The van der Waals surface area contributed by atoms with Gasteiger partial charge in [0.05, 0.1) is 12.1 Å². The Hall–Kier alpha value is -0.570. The molecule has 0 aliphatic heterocycles. The third kappa shape index (κ3) is 28.3. The summed E-state index contributed by atoms with van der Waals surface area (Å²) in [5, 5.41) is 13.4. The van der Waals surface area contributed by atoms with Gasteiger partial charge in [0.15, 0.2) is 0 Å². The monoisotopic (exact) mass is 524 g/mol. The number of amides is 1. The smallest absolute Gasteiger partial charge is 0.220 e. The Kier molecular flexibility index (Phi) is 29.5. The maximum atomic E-state index is 12.2. The summed E-state index contributed by atoms with van der Waals surface area (Å²) < 4.78 is 0. The van der Waals surface area contributed by atoms with Crippen molar-refractivity contribution in [2.45, 2.75) is 213 Å². The minimum atomic E-state index is -0.414. The van der Waals surface area contributed by atoms with Crippen LogP contribution in [0.4, 0.5) is 0 Å². The molecule has 0 aromatic heterocycles. The van der Waals surface area contributed by atoms with Crippen molar-refractivity contribution in [3.8, 4) is 0 Å². The Morgan fingerprint density at radius 2 is 0.811 bits per heavy atom. The Morgan fingerprint density at radius 3 is 1.16 bits per heavy atom. The highest BCUT2D eigenvalue weighted by atomic mass is 16.3. The average molecular weight is 524 g/mol. The van der Waals surface area contributed by atoms with Crippen molar-refractivity contribution in [1.29, 1.82) is 0 Å². The first-order valence-corrected chi connectivity index (χ1v) is 17.1. The van der Waals surface area contributed by atoms with Crippen molar-refractivity contribution >= 4 is 5.91 Å². The van der Waals surface area contributed by atoms with E-state index in [2.05, 4.69) is 19.2 Å². The lowest BCUT2D eigenvalue weighted by atomic mass is 10.0. The molecule has 0 unspecified atom stereocenters. The lowest BCUT2D eigenvalue weighted by Gasteiger charge is -2.20. The number of unbranched alkanes of at least 4 members (excludes halogenated alkanes) is 24. The molecule has 0 spiro atoms. The van der Waals surface area contributed by atoms with Crippen LogP contribution in [-0.2, 0) is 4.79 Å². The van der Waals surface area contributed by atoms with E-state index in [0.29, 0.717) is 6.42 Å². The van der Waals surface area contributed by atoms with E-state index >= 15 is 0 Å². The molecule has 0 rings (SSSR count). The van der Waals surface area contributed by atoms with E-state index in [1.54, 1.807) is 0 Å². The molecule has 0 heterocycles. The molecule has 0 aromatic rings. The topological polar surface area (TPSA) is 49.3 Å². The van der Waals surface area contributed by atoms with Crippen LogP contribution in [0, 0.1) is 0 Å². The van der Waals surface area contributed by atoms with E-state index in [-0.39, 0.29) is 11.9 Å².